The van der Waals surface area contributed by atoms with Crippen molar-refractivity contribution in [2.45, 2.75) is 13.3 Å². The Morgan fingerprint density at radius 2 is 1.56 bits per heavy atom. The first-order valence-electron chi connectivity index (χ1n) is 5.43. The summed E-state index contributed by atoms with van der Waals surface area (Å²) in [4.78, 5) is 0. The van der Waals surface area contributed by atoms with E-state index < -0.39 is 7.80 Å². The van der Waals surface area contributed by atoms with Gasteiger partial charge < -0.3 is 0 Å². The van der Waals surface area contributed by atoms with Crippen LogP contribution in [-0.2, 0) is 11.0 Å². The summed E-state index contributed by atoms with van der Waals surface area (Å²) >= 11 is 0. The second-order valence-electron chi connectivity index (χ2n) is 3.61. The molecular weight excluding hydrogens is 215 g/mol. The van der Waals surface area contributed by atoms with E-state index in [0.717, 1.165) is 17.0 Å². The summed E-state index contributed by atoms with van der Waals surface area (Å²) in [5, 5.41) is 1.87. The average Bonchev–Trinajstić information content (AvgIpc) is 2.39. The van der Waals surface area contributed by atoms with Gasteiger partial charge in [-0.3, -0.25) is 0 Å². The van der Waals surface area contributed by atoms with Crippen LogP contribution < -0.4 is 10.6 Å². The third kappa shape index (κ3) is 2.20. The Morgan fingerprint density at radius 1 is 0.938 bits per heavy atom. The van der Waals surface area contributed by atoms with E-state index in [1.54, 1.807) is 0 Å². The Morgan fingerprint density at radius 3 is 2.25 bits per heavy atom. The van der Waals surface area contributed by atoms with Gasteiger partial charge in [0.05, 0.1) is 0 Å². The second-order valence-corrected chi connectivity index (χ2v) is 5.20. The van der Waals surface area contributed by atoms with E-state index in [0.29, 0.717) is 0 Å². The molecule has 16 heavy (non-hydrogen) atoms. The van der Waals surface area contributed by atoms with Crippen molar-refractivity contribution in [1.82, 2.24) is 0 Å². The van der Waals surface area contributed by atoms with Crippen LogP contribution in [0.5, 0.6) is 0 Å². The molecule has 1 unspecified atom stereocenters. The first-order chi connectivity index (χ1) is 7.83. The zero-order chi connectivity index (χ0) is 11.4. The summed E-state index contributed by atoms with van der Waals surface area (Å²) in [5.74, 6) is 0. The molecule has 0 heterocycles. The monoisotopic (exact) mass is 229 g/mol. The van der Waals surface area contributed by atoms with Crippen molar-refractivity contribution < 1.29 is 4.57 Å². The Labute approximate surface area is 96.9 Å². The molecule has 0 bridgehead atoms. The van der Waals surface area contributed by atoms with Crippen LogP contribution in [0.25, 0.3) is 0 Å². The predicted molar refractivity (Wildman–Crippen MR) is 69.1 cm³/mol. The van der Waals surface area contributed by atoms with E-state index in [1.165, 1.54) is 5.56 Å². The molecule has 0 radical (unpaired) electrons. The van der Waals surface area contributed by atoms with Crippen LogP contribution in [0.3, 0.4) is 0 Å². The van der Waals surface area contributed by atoms with Crippen molar-refractivity contribution in [3.8, 4) is 0 Å². The molecule has 2 aromatic rings. The summed E-state index contributed by atoms with van der Waals surface area (Å²) in [6, 6.07) is 17.6. The summed E-state index contributed by atoms with van der Waals surface area (Å²) in [5.41, 5.74) is 1.17. The highest BCUT2D eigenvalue weighted by molar-refractivity contribution is 7.61. The molecule has 0 saturated heterocycles. The highest BCUT2D eigenvalue weighted by Crippen LogP contribution is 2.21. The summed E-state index contributed by atoms with van der Waals surface area (Å²) in [6.45, 7) is 2.09. The normalized spacial score (nSPS) is 11.2. The van der Waals surface area contributed by atoms with Crippen LogP contribution in [0.2, 0.25) is 0 Å². The van der Waals surface area contributed by atoms with Crippen molar-refractivity contribution in [2.24, 2.45) is 0 Å². The molecule has 0 N–H and O–H groups in total. The van der Waals surface area contributed by atoms with Crippen molar-refractivity contribution in [2.75, 3.05) is 0 Å². The fraction of sp³-hybridized carbons (Fsp3) is 0.143. The van der Waals surface area contributed by atoms with Gasteiger partial charge >= 0.3 is 7.80 Å². The smallest absolute Gasteiger partial charge is 0.0619 e. The minimum atomic E-state index is -1.45. The fourth-order valence-corrected chi connectivity index (χ4v) is 3.15. The van der Waals surface area contributed by atoms with Gasteiger partial charge in [-0.1, -0.05) is 47.9 Å². The molecule has 2 aromatic carbocycles. The number of hydrogen-bond donors (Lipinski definition) is 0. The van der Waals surface area contributed by atoms with Crippen LogP contribution in [-0.4, -0.2) is 0 Å². The number of aryl methyl sites for hydroxylation is 1. The van der Waals surface area contributed by atoms with Gasteiger partial charge in [0.2, 0.25) is 0 Å². The molecule has 2 heteroatoms. The standard InChI is InChI=1S/C14H14OP/c1-2-12-8-6-7-11-14(12)16(15)13-9-4-3-5-10-13/h3-11H,2H2,1H3/q+1. The minimum Gasteiger partial charge on any atom is -0.0619 e. The van der Waals surface area contributed by atoms with Crippen molar-refractivity contribution in [3.05, 3.63) is 60.2 Å². The zero-order valence-electron chi connectivity index (χ0n) is 9.26. The first-order valence-corrected chi connectivity index (χ1v) is 6.69. The van der Waals surface area contributed by atoms with Crippen LogP contribution in [0, 0.1) is 0 Å². The van der Waals surface area contributed by atoms with E-state index in [1.807, 2.05) is 54.6 Å². The maximum atomic E-state index is 12.4. The second kappa shape index (κ2) is 5.05. The molecule has 0 aliphatic carbocycles. The molecule has 0 spiro atoms. The largest absolute Gasteiger partial charge is 0.415 e. The van der Waals surface area contributed by atoms with Crippen molar-refractivity contribution in [1.29, 1.82) is 0 Å². The lowest BCUT2D eigenvalue weighted by molar-refractivity contribution is 0.598. The highest BCUT2D eigenvalue weighted by Gasteiger charge is 2.25. The van der Waals surface area contributed by atoms with E-state index in [4.69, 9.17) is 0 Å². The first kappa shape index (κ1) is 11.0. The van der Waals surface area contributed by atoms with Crippen molar-refractivity contribution in [3.63, 3.8) is 0 Å². The lowest BCUT2D eigenvalue weighted by Gasteiger charge is -1.96. The number of hydrogen-bond acceptors (Lipinski definition) is 1. The number of benzene rings is 2. The van der Waals surface area contributed by atoms with Gasteiger partial charge in [-0.25, -0.2) is 0 Å². The summed E-state index contributed by atoms with van der Waals surface area (Å²) in [7, 11) is -1.45. The molecule has 1 nitrogen and oxygen atoms in total. The van der Waals surface area contributed by atoms with Crippen LogP contribution in [0.4, 0.5) is 0 Å². The van der Waals surface area contributed by atoms with Gasteiger partial charge in [-0.15, -0.1) is 0 Å². The maximum Gasteiger partial charge on any atom is 0.415 e. The third-order valence-electron chi connectivity index (χ3n) is 2.58. The van der Waals surface area contributed by atoms with Gasteiger partial charge in [-0.2, -0.15) is 0 Å². The Balaban J connectivity index is 2.42. The van der Waals surface area contributed by atoms with E-state index in [2.05, 4.69) is 6.92 Å². The van der Waals surface area contributed by atoms with E-state index in [9.17, 15) is 4.57 Å². The highest BCUT2D eigenvalue weighted by atomic mass is 31.1. The summed E-state index contributed by atoms with van der Waals surface area (Å²) < 4.78 is 12.4. The molecule has 0 amide bonds. The van der Waals surface area contributed by atoms with Crippen LogP contribution in [0.15, 0.2) is 54.6 Å². The zero-order valence-corrected chi connectivity index (χ0v) is 10.2. The minimum absolute atomic E-state index is 0.901. The third-order valence-corrected chi connectivity index (χ3v) is 4.22. The van der Waals surface area contributed by atoms with E-state index >= 15 is 0 Å². The lowest BCUT2D eigenvalue weighted by atomic mass is 10.2. The topological polar surface area (TPSA) is 17.1 Å². The van der Waals surface area contributed by atoms with Gasteiger partial charge in [-0.05, 0) is 24.6 Å². The van der Waals surface area contributed by atoms with Crippen molar-refractivity contribution >= 4 is 18.4 Å². The Hall–Kier alpha value is -1.46. The molecular formula is C14H14OP+. The molecule has 0 fully saturated rings. The molecule has 2 rings (SSSR count). The molecule has 0 aromatic heterocycles. The van der Waals surface area contributed by atoms with Gasteiger partial charge in [0.1, 0.15) is 0 Å². The quantitative estimate of drug-likeness (QED) is 0.739. The maximum absolute atomic E-state index is 12.4. The summed E-state index contributed by atoms with van der Waals surface area (Å²) in [6.07, 6.45) is 0.921. The predicted octanol–water partition coefficient (Wildman–Crippen LogP) is 3.03. The van der Waals surface area contributed by atoms with Crippen LogP contribution >= 0.6 is 7.80 Å². The van der Waals surface area contributed by atoms with Crippen LogP contribution in [0.1, 0.15) is 12.5 Å². The molecule has 0 aliphatic rings. The number of rotatable bonds is 3. The Bertz CT molecular complexity index is 491. The van der Waals surface area contributed by atoms with Gasteiger partial charge in [0.15, 0.2) is 10.6 Å². The Kier molecular flexibility index (Phi) is 3.48. The molecule has 0 aliphatic heterocycles. The fourth-order valence-electron chi connectivity index (χ4n) is 1.71. The van der Waals surface area contributed by atoms with Gasteiger partial charge in [0, 0.05) is 5.56 Å². The lowest BCUT2D eigenvalue weighted by Crippen LogP contribution is -2.10. The molecule has 0 saturated carbocycles. The average molecular weight is 229 g/mol. The SMILES string of the molecule is CCc1ccccc1[P+](=O)c1ccccc1. The van der Waals surface area contributed by atoms with Gasteiger partial charge in [0.25, 0.3) is 0 Å². The molecule has 80 valence electrons. The van der Waals surface area contributed by atoms with E-state index in [-0.39, 0.29) is 0 Å². The molecule has 1 atom stereocenters.